The van der Waals surface area contributed by atoms with Crippen LogP contribution in [0.3, 0.4) is 0 Å². The molecule has 6 nitrogen and oxygen atoms in total. The molecule has 128 valence electrons. The molecule has 2 aromatic carbocycles. The Hall–Kier alpha value is -3.59. The molecule has 3 aromatic rings. The van der Waals surface area contributed by atoms with Gasteiger partial charge in [0.25, 0.3) is 5.91 Å². The van der Waals surface area contributed by atoms with Gasteiger partial charge in [0, 0.05) is 5.56 Å². The lowest BCUT2D eigenvalue weighted by atomic mass is 10.1. The highest BCUT2D eigenvalue weighted by Crippen LogP contribution is 2.31. The van der Waals surface area contributed by atoms with Crippen molar-refractivity contribution >= 4 is 11.7 Å². The van der Waals surface area contributed by atoms with Gasteiger partial charge in [-0.05, 0) is 42.2 Å². The van der Waals surface area contributed by atoms with Crippen LogP contribution >= 0.6 is 0 Å². The van der Waals surface area contributed by atoms with Gasteiger partial charge >= 0.3 is 0 Å². The summed E-state index contributed by atoms with van der Waals surface area (Å²) < 4.78 is 1.46. The van der Waals surface area contributed by atoms with E-state index in [0.29, 0.717) is 16.8 Å². The van der Waals surface area contributed by atoms with Crippen molar-refractivity contribution in [2.24, 2.45) is 0 Å². The second-order valence-electron chi connectivity index (χ2n) is 6.28. The first-order chi connectivity index (χ1) is 12.7. The van der Waals surface area contributed by atoms with E-state index < -0.39 is 0 Å². The van der Waals surface area contributed by atoms with Crippen molar-refractivity contribution in [2.75, 3.05) is 5.73 Å². The number of nitrogens with zero attached hydrogens (tertiary/aromatic N) is 3. The zero-order valence-electron chi connectivity index (χ0n) is 14.0. The van der Waals surface area contributed by atoms with E-state index in [9.17, 15) is 4.79 Å². The molecule has 1 atom stereocenters. The van der Waals surface area contributed by atoms with E-state index in [1.54, 1.807) is 24.3 Å². The maximum Gasteiger partial charge on any atom is 0.251 e. The van der Waals surface area contributed by atoms with E-state index >= 15 is 0 Å². The summed E-state index contributed by atoms with van der Waals surface area (Å²) >= 11 is 0. The molecule has 4 rings (SSSR count). The minimum Gasteiger partial charge on any atom is -0.382 e. The summed E-state index contributed by atoms with van der Waals surface area (Å²) in [6.45, 7) is 0. The molecule has 3 N–H and O–H groups in total. The quantitative estimate of drug-likeness (QED) is 0.764. The summed E-state index contributed by atoms with van der Waals surface area (Å²) in [6.07, 6.45) is 3.29. The summed E-state index contributed by atoms with van der Waals surface area (Å²) in [5.41, 5.74) is 9.89. The lowest BCUT2D eigenvalue weighted by molar-refractivity contribution is 0.0936. The fraction of sp³-hybridized carbons (Fsp3) is 0.150. The third kappa shape index (κ3) is 2.70. The van der Waals surface area contributed by atoms with Gasteiger partial charge in [-0.3, -0.25) is 4.79 Å². The molecule has 26 heavy (non-hydrogen) atoms. The fourth-order valence-corrected chi connectivity index (χ4v) is 3.38. The number of nitrogens with one attached hydrogen (secondary N) is 1. The third-order valence-corrected chi connectivity index (χ3v) is 4.72. The molecule has 0 saturated heterocycles. The van der Waals surface area contributed by atoms with Gasteiger partial charge in [0.15, 0.2) is 0 Å². The molecule has 1 aliphatic rings. The van der Waals surface area contributed by atoms with Gasteiger partial charge in [-0.2, -0.15) is 10.4 Å². The normalized spacial score (nSPS) is 15.3. The van der Waals surface area contributed by atoms with Gasteiger partial charge in [0.05, 0.1) is 17.9 Å². The Labute approximate surface area is 150 Å². The largest absolute Gasteiger partial charge is 0.382 e. The number of nitrogen functional groups attached to an aromatic ring is 1. The van der Waals surface area contributed by atoms with Crippen LogP contribution in [-0.4, -0.2) is 15.7 Å². The molecule has 0 spiro atoms. The molecule has 1 aromatic heterocycles. The maximum absolute atomic E-state index is 12.7. The van der Waals surface area contributed by atoms with Crippen LogP contribution in [0.15, 0.2) is 54.7 Å². The number of rotatable bonds is 3. The topological polar surface area (TPSA) is 96.7 Å². The van der Waals surface area contributed by atoms with Gasteiger partial charge in [-0.15, -0.1) is 0 Å². The van der Waals surface area contributed by atoms with Crippen LogP contribution in [0.1, 0.15) is 39.5 Å². The van der Waals surface area contributed by atoms with Crippen LogP contribution in [0, 0.1) is 11.3 Å². The average Bonchev–Trinajstić information content (AvgIpc) is 3.25. The van der Waals surface area contributed by atoms with Crippen molar-refractivity contribution in [1.82, 2.24) is 15.1 Å². The molecular weight excluding hydrogens is 326 g/mol. The Kier molecular flexibility index (Phi) is 3.90. The first-order valence-corrected chi connectivity index (χ1v) is 8.40. The van der Waals surface area contributed by atoms with Gasteiger partial charge < -0.3 is 11.1 Å². The van der Waals surface area contributed by atoms with Crippen LogP contribution < -0.4 is 11.1 Å². The molecule has 0 saturated carbocycles. The predicted molar refractivity (Wildman–Crippen MR) is 97.7 cm³/mol. The zero-order valence-corrected chi connectivity index (χ0v) is 14.0. The Morgan fingerprint density at radius 2 is 2.12 bits per heavy atom. The number of aromatic nitrogens is 2. The fourth-order valence-electron chi connectivity index (χ4n) is 3.38. The SMILES string of the molecule is N#Cc1cnn(-c2cccc(C(=O)N[C@H]3CCc4ccccc43)c2)c1N. The van der Waals surface area contributed by atoms with Crippen LogP contribution in [0.5, 0.6) is 0 Å². The molecule has 6 heteroatoms. The first kappa shape index (κ1) is 15.9. The second-order valence-corrected chi connectivity index (χ2v) is 6.28. The number of carbonyl (C=O) groups excluding carboxylic acids is 1. The molecule has 1 amide bonds. The standard InChI is InChI=1S/C20H17N5O/c21-11-15-12-23-25(19(15)22)16-6-3-5-14(10-16)20(26)24-18-9-8-13-4-1-2-7-17(13)18/h1-7,10,12,18H,8-9,22H2,(H,24,26)/t18-/m0/s1. The number of hydrogen-bond acceptors (Lipinski definition) is 4. The Morgan fingerprint density at radius 1 is 1.27 bits per heavy atom. The Bertz CT molecular complexity index is 1030. The molecule has 0 radical (unpaired) electrons. The van der Waals surface area contributed by atoms with Crippen molar-refractivity contribution in [2.45, 2.75) is 18.9 Å². The molecule has 0 unspecified atom stereocenters. The average molecular weight is 343 g/mol. The van der Waals surface area contributed by atoms with Crippen molar-refractivity contribution in [1.29, 1.82) is 5.26 Å². The number of aryl methyl sites for hydroxylation is 1. The van der Waals surface area contributed by atoms with Crippen LogP contribution in [0.25, 0.3) is 5.69 Å². The second kappa shape index (κ2) is 6.37. The molecule has 0 aliphatic heterocycles. The lowest BCUT2D eigenvalue weighted by Gasteiger charge is -2.14. The summed E-state index contributed by atoms with van der Waals surface area (Å²) in [6, 6.07) is 17.3. The van der Waals surface area contributed by atoms with E-state index in [2.05, 4.69) is 22.5 Å². The number of benzene rings is 2. The van der Waals surface area contributed by atoms with Crippen molar-refractivity contribution in [3.8, 4) is 11.8 Å². The Balaban J connectivity index is 1.58. The highest BCUT2D eigenvalue weighted by atomic mass is 16.1. The Morgan fingerprint density at radius 3 is 2.92 bits per heavy atom. The number of carbonyl (C=O) groups is 1. The van der Waals surface area contributed by atoms with Crippen LogP contribution in [-0.2, 0) is 6.42 Å². The zero-order chi connectivity index (χ0) is 18.1. The molecule has 1 aliphatic carbocycles. The maximum atomic E-state index is 12.7. The molecule has 0 fully saturated rings. The summed E-state index contributed by atoms with van der Waals surface area (Å²) in [7, 11) is 0. The lowest BCUT2D eigenvalue weighted by Crippen LogP contribution is -2.27. The smallest absolute Gasteiger partial charge is 0.251 e. The van der Waals surface area contributed by atoms with Gasteiger partial charge in [0.1, 0.15) is 17.5 Å². The van der Waals surface area contributed by atoms with E-state index in [4.69, 9.17) is 11.0 Å². The number of anilines is 1. The summed E-state index contributed by atoms with van der Waals surface area (Å²) in [4.78, 5) is 12.7. The minimum atomic E-state index is -0.139. The van der Waals surface area contributed by atoms with E-state index in [0.717, 1.165) is 12.8 Å². The summed E-state index contributed by atoms with van der Waals surface area (Å²) in [5, 5.41) is 16.3. The number of fused-ring (bicyclic) bond motifs is 1. The number of amides is 1. The van der Waals surface area contributed by atoms with Crippen molar-refractivity contribution in [3.63, 3.8) is 0 Å². The van der Waals surface area contributed by atoms with Crippen molar-refractivity contribution < 1.29 is 4.79 Å². The predicted octanol–water partition coefficient (Wildman–Crippen LogP) is 2.74. The number of hydrogen-bond donors (Lipinski definition) is 2. The van der Waals surface area contributed by atoms with E-state index in [1.165, 1.54) is 22.0 Å². The van der Waals surface area contributed by atoms with E-state index in [1.807, 2.05) is 18.2 Å². The number of nitrogens with two attached hydrogens (primary N) is 1. The van der Waals surface area contributed by atoms with Gasteiger partial charge in [-0.25, -0.2) is 4.68 Å². The van der Waals surface area contributed by atoms with Gasteiger partial charge in [0.2, 0.25) is 0 Å². The molecule has 1 heterocycles. The highest BCUT2D eigenvalue weighted by Gasteiger charge is 2.24. The highest BCUT2D eigenvalue weighted by molar-refractivity contribution is 5.95. The molecule has 0 bridgehead atoms. The van der Waals surface area contributed by atoms with Crippen molar-refractivity contribution in [3.05, 3.63) is 77.0 Å². The first-order valence-electron chi connectivity index (χ1n) is 8.40. The van der Waals surface area contributed by atoms with Crippen LogP contribution in [0.4, 0.5) is 5.82 Å². The minimum absolute atomic E-state index is 0.0299. The van der Waals surface area contributed by atoms with E-state index in [-0.39, 0.29) is 17.8 Å². The molecular formula is C20H17N5O. The summed E-state index contributed by atoms with van der Waals surface area (Å²) in [5.74, 6) is 0.120. The monoisotopic (exact) mass is 343 g/mol. The third-order valence-electron chi connectivity index (χ3n) is 4.72. The van der Waals surface area contributed by atoms with Gasteiger partial charge in [-0.1, -0.05) is 30.3 Å². The van der Waals surface area contributed by atoms with Crippen LogP contribution in [0.2, 0.25) is 0 Å². The number of nitriles is 1.